The minimum absolute atomic E-state index is 0.0646. The van der Waals surface area contributed by atoms with E-state index in [1.165, 1.54) is 23.2 Å². The number of nitrogens with one attached hydrogen (secondary N) is 3. The third-order valence-electron chi connectivity index (χ3n) is 6.21. The quantitative estimate of drug-likeness (QED) is 0.0896. The van der Waals surface area contributed by atoms with Crippen LogP contribution in [0.25, 0.3) is 0 Å². The first-order valence-electron chi connectivity index (χ1n) is 13.5. The Morgan fingerprint density at radius 1 is 1.00 bits per heavy atom. The molecule has 0 spiro atoms. The van der Waals surface area contributed by atoms with E-state index in [9.17, 15) is 9.59 Å². The Labute approximate surface area is 259 Å². The molecule has 0 heterocycles. The number of amides is 2. The molecule has 0 bridgehead atoms. The van der Waals surface area contributed by atoms with E-state index in [-0.39, 0.29) is 17.0 Å². The molecule has 0 fully saturated rings. The normalized spacial score (nSPS) is 11.1. The standard InChI is InChI=1S/C30H38N6O3S.C2H6O/c1-19-12-13-21(14-26(19)36(32)18-23(31)29(38)33-17-20-10-8-7-9-11-20)28(37)34-24-15-22(30(2,3)4)16-25(35-40-6)27(24)39-5;1-3-2/h7-16,18,35H,17,31-32H2,1-6H3,(H,33,38)(H,34,37);1-2H3/b23-18-;. The van der Waals surface area contributed by atoms with Crippen molar-refractivity contribution in [2.24, 2.45) is 11.6 Å². The molecule has 0 aromatic heterocycles. The lowest BCUT2D eigenvalue weighted by Crippen LogP contribution is -2.33. The van der Waals surface area contributed by atoms with Gasteiger partial charge in [0.1, 0.15) is 5.70 Å². The molecule has 0 unspecified atom stereocenters. The van der Waals surface area contributed by atoms with E-state index in [4.69, 9.17) is 16.3 Å². The van der Waals surface area contributed by atoms with Gasteiger partial charge in [0.05, 0.1) is 24.2 Å². The predicted octanol–water partition coefficient (Wildman–Crippen LogP) is 5.30. The Bertz CT molecular complexity index is 1410. The van der Waals surface area contributed by atoms with Crippen LogP contribution in [0, 0.1) is 6.92 Å². The van der Waals surface area contributed by atoms with Crippen molar-refractivity contribution < 1.29 is 19.1 Å². The van der Waals surface area contributed by atoms with Crippen molar-refractivity contribution >= 4 is 40.8 Å². The summed E-state index contributed by atoms with van der Waals surface area (Å²) in [7, 11) is 4.82. The molecule has 2 amide bonds. The molecule has 0 saturated heterocycles. The Balaban J connectivity index is 0.00000206. The SMILES string of the molecule is COC.COc1c(NSC)cc(C(C)(C)C)cc1NC(=O)c1ccc(C)c(N(N)/C=C(\N)C(=O)NCc2ccccc2)c1. The fourth-order valence-electron chi connectivity index (χ4n) is 3.94. The number of carbonyl (C=O) groups is 2. The summed E-state index contributed by atoms with van der Waals surface area (Å²) < 4.78 is 13.1. The van der Waals surface area contributed by atoms with Crippen molar-refractivity contribution in [2.45, 2.75) is 39.7 Å². The number of nitrogens with two attached hydrogens (primary N) is 2. The van der Waals surface area contributed by atoms with Crippen LogP contribution in [-0.2, 0) is 21.5 Å². The van der Waals surface area contributed by atoms with Gasteiger partial charge in [0.15, 0.2) is 5.75 Å². The van der Waals surface area contributed by atoms with Crippen LogP contribution in [0.15, 0.2) is 72.6 Å². The summed E-state index contributed by atoms with van der Waals surface area (Å²) in [4.78, 5) is 25.9. The van der Waals surface area contributed by atoms with E-state index in [0.717, 1.165) is 22.4 Å². The van der Waals surface area contributed by atoms with E-state index < -0.39 is 5.91 Å². The fraction of sp³-hybridized carbons (Fsp3) is 0.312. The number of carbonyl (C=O) groups excluding carboxylic acids is 2. The van der Waals surface area contributed by atoms with Gasteiger partial charge in [-0.05, 0) is 53.3 Å². The number of hydrazine groups is 1. The minimum Gasteiger partial charge on any atom is -0.492 e. The number of benzene rings is 3. The summed E-state index contributed by atoms with van der Waals surface area (Å²) in [6.07, 6.45) is 3.25. The summed E-state index contributed by atoms with van der Waals surface area (Å²) in [6.45, 7) is 8.50. The lowest BCUT2D eigenvalue weighted by molar-refractivity contribution is -0.117. The van der Waals surface area contributed by atoms with Crippen molar-refractivity contribution in [3.05, 3.63) is 94.8 Å². The maximum absolute atomic E-state index is 13.4. The Hall–Kier alpha value is -4.19. The Morgan fingerprint density at radius 2 is 1.63 bits per heavy atom. The molecule has 0 aliphatic carbocycles. The van der Waals surface area contributed by atoms with Gasteiger partial charge >= 0.3 is 0 Å². The Morgan fingerprint density at radius 3 is 2.21 bits per heavy atom. The van der Waals surface area contributed by atoms with Gasteiger partial charge in [-0.3, -0.25) is 14.6 Å². The van der Waals surface area contributed by atoms with Crippen molar-refractivity contribution in [1.82, 2.24) is 5.32 Å². The average molecular weight is 609 g/mol. The van der Waals surface area contributed by atoms with Crippen molar-refractivity contribution in [3.8, 4) is 5.75 Å². The highest BCUT2D eigenvalue weighted by Gasteiger charge is 2.21. The Kier molecular flexibility index (Phi) is 13.4. The summed E-state index contributed by atoms with van der Waals surface area (Å²) in [5.41, 5.74) is 10.8. The van der Waals surface area contributed by atoms with Gasteiger partial charge in [-0.15, -0.1) is 0 Å². The molecule has 232 valence electrons. The highest BCUT2D eigenvalue weighted by atomic mass is 32.2. The molecule has 7 N–H and O–H groups in total. The summed E-state index contributed by atoms with van der Waals surface area (Å²) >= 11 is 1.44. The lowest BCUT2D eigenvalue weighted by Gasteiger charge is -2.24. The molecule has 3 aromatic carbocycles. The number of rotatable bonds is 10. The van der Waals surface area contributed by atoms with Gasteiger partial charge in [-0.25, -0.2) is 5.84 Å². The number of anilines is 3. The number of hydrogen-bond acceptors (Lipinski definition) is 9. The van der Waals surface area contributed by atoms with Gasteiger partial charge < -0.3 is 30.6 Å². The zero-order chi connectivity index (χ0) is 32.2. The first-order valence-corrected chi connectivity index (χ1v) is 14.8. The van der Waals surface area contributed by atoms with Gasteiger partial charge in [-0.2, -0.15) is 0 Å². The van der Waals surface area contributed by atoms with E-state index in [1.807, 2.05) is 55.6 Å². The van der Waals surface area contributed by atoms with E-state index >= 15 is 0 Å². The van der Waals surface area contributed by atoms with Crippen LogP contribution >= 0.6 is 11.9 Å². The van der Waals surface area contributed by atoms with Crippen molar-refractivity contribution in [1.29, 1.82) is 0 Å². The third kappa shape index (κ3) is 10.2. The number of nitrogens with zero attached hydrogens (tertiary/aromatic N) is 1. The zero-order valence-electron chi connectivity index (χ0n) is 26.2. The second kappa shape index (κ2) is 16.4. The van der Waals surface area contributed by atoms with E-state index in [2.05, 4.69) is 40.9 Å². The molecule has 0 atom stereocenters. The molecule has 11 heteroatoms. The van der Waals surface area contributed by atoms with Crippen LogP contribution in [-0.4, -0.2) is 39.4 Å². The first kappa shape index (κ1) is 35.0. The molecule has 10 nitrogen and oxygen atoms in total. The molecule has 0 aliphatic rings. The summed E-state index contributed by atoms with van der Waals surface area (Å²) in [5, 5.41) is 7.00. The molecule has 0 saturated carbocycles. The molecular formula is C32H44N6O4S. The maximum atomic E-state index is 13.4. The number of aryl methyl sites for hydroxylation is 1. The third-order valence-corrected chi connectivity index (χ3v) is 6.63. The van der Waals surface area contributed by atoms with E-state index in [0.29, 0.717) is 29.2 Å². The topological polar surface area (TPSA) is 144 Å². The lowest BCUT2D eigenvalue weighted by atomic mass is 9.86. The van der Waals surface area contributed by atoms with Crippen LogP contribution < -0.4 is 36.7 Å². The summed E-state index contributed by atoms with van der Waals surface area (Å²) in [6, 6.07) is 18.6. The zero-order valence-corrected chi connectivity index (χ0v) is 27.0. The average Bonchev–Trinajstić information content (AvgIpc) is 2.96. The maximum Gasteiger partial charge on any atom is 0.268 e. The highest BCUT2D eigenvalue weighted by Crippen LogP contribution is 2.39. The molecule has 0 aliphatic heterocycles. The second-order valence-electron chi connectivity index (χ2n) is 10.7. The highest BCUT2D eigenvalue weighted by molar-refractivity contribution is 7.99. The molecule has 43 heavy (non-hydrogen) atoms. The second-order valence-corrected chi connectivity index (χ2v) is 11.3. The smallest absolute Gasteiger partial charge is 0.268 e. The summed E-state index contributed by atoms with van der Waals surface area (Å²) in [5.74, 6) is 6.00. The number of methoxy groups -OCH3 is 2. The van der Waals surface area contributed by atoms with Gasteiger partial charge in [-0.1, -0.05) is 69.1 Å². The molecule has 3 aromatic rings. The van der Waals surface area contributed by atoms with Crippen molar-refractivity contribution in [3.63, 3.8) is 0 Å². The fourth-order valence-corrected chi connectivity index (χ4v) is 4.31. The molecular weight excluding hydrogens is 564 g/mol. The number of ether oxygens (including phenoxy) is 2. The van der Waals surface area contributed by atoms with Gasteiger partial charge in [0.25, 0.3) is 11.8 Å². The van der Waals surface area contributed by atoms with Crippen LogP contribution in [0.4, 0.5) is 17.1 Å². The van der Waals surface area contributed by atoms with Crippen molar-refractivity contribution in [2.75, 3.05) is 42.6 Å². The van der Waals surface area contributed by atoms with Gasteiger partial charge in [0.2, 0.25) is 0 Å². The minimum atomic E-state index is -0.452. The monoisotopic (exact) mass is 608 g/mol. The van der Waals surface area contributed by atoms with Crippen LogP contribution in [0.1, 0.15) is 47.8 Å². The van der Waals surface area contributed by atoms with E-state index in [1.54, 1.807) is 39.5 Å². The number of hydrogen-bond donors (Lipinski definition) is 5. The molecule has 0 radical (unpaired) electrons. The largest absolute Gasteiger partial charge is 0.492 e. The van der Waals surface area contributed by atoms with Gasteiger partial charge in [0, 0.05) is 38.8 Å². The predicted molar refractivity (Wildman–Crippen MR) is 178 cm³/mol. The van der Waals surface area contributed by atoms with Crippen LogP contribution in [0.3, 0.4) is 0 Å². The molecule has 3 rings (SSSR count). The van der Waals surface area contributed by atoms with Crippen LogP contribution in [0.5, 0.6) is 5.75 Å². The van der Waals surface area contributed by atoms with Crippen LogP contribution in [0.2, 0.25) is 0 Å². The first-order chi connectivity index (χ1) is 20.4.